The Kier molecular flexibility index (Phi) is 4.98. The Bertz CT molecular complexity index is 522. The molecule has 1 aromatic carbocycles. The molecule has 0 radical (unpaired) electrons. The minimum atomic E-state index is -0.0220. The third kappa shape index (κ3) is 3.73. The first-order valence-corrected chi connectivity index (χ1v) is 6.96. The summed E-state index contributed by atoms with van der Waals surface area (Å²) in [5, 5.41) is 7.32. The van der Waals surface area contributed by atoms with E-state index in [0.29, 0.717) is 5.89 Å². The third-order valence-electron chi connectivity index (χ3n) is 3.08. The van der Waals surface area contributed by atoms with E-state index in [1.165, 1.54) is 0 Å². The van der Waals surface area contributed by atoms with Gasteiger partial charge in [0, 0.05) is 12.1 Å². The molecule has 1 unspecified atom stereocenters. The second-order valence-electron chi connectivity index (χ2n) is 4.75. The molecule has 0 aliphatic rings. The van der Waals surface area contributed by atoms with Gasteiger partial charge in [0.05, 0.1) is 7.11 Å². The summed E-state index contributed by atoms with van der Waals surface area (Å²) in [4.78, 5) is 4.41. The lowest BCUT2D eigenvalue weighted by Gasteiger charge is -2.11. The van der Waals surface area contributed by atoms with Gasteiger partial charge in [0.2, 0.25) is 5.89 Å². The average Bonchev–Trinajstić information content (AvgIpc) is 2.95. The molecular formula is C15H21N3O2. The molecule has 0 aliphatic carbocycles. The van der Waals surface area contributed by atoms with Crippen LogP contribution >= 0.6 is 0 Å². The highest BCUT2D eigenvalue weighted by atomic mass is 16.5. The van der Waals surface area contributed by atoms with Gasteiger partial charge in [-0.05, 0) is 37.6 Å². The van der Waals surface area contributed by atoms with Crippen molar-refractivity contribution < 1.29 is 9.26 Å². The van der Waals surface area contributed by atoms with Crippen LogP contribution < -0.4 is 10.1 Å². The molecule has 20 heavy (non-hydrogen) atoms. The number of unbranched alkanes of at least 4 members (excludes halogenated alkanes) is 1. The van der Waals surface area contributed by atoms with Crippen LogP contribution in [0.4, 0.5) is 5.69 Å². The number of aromatic nitrogens is 2. The van der Waals surface area contributed by atoms with E-state index >= 15 is 0 Å². The molecule has 0 spiro atoms. The van der Waals surface area contributed by atoms with Crippen LogP contribution in [0.5, 0.6) is 5.75 Å². The fourth-order valence-electron chi connectivity index (χ4n) is 1.88. The SMILES string of the molecule is CCCCc1noc(C(C)Nc2ccc(OC)cc2)n1. The standard InChI is InChI=1S/C15H21N3O2/c1-4-5-6-14-17-15(20-18-14)11(2)16-12-7-9-13(19-3)10-8-12/h7-11,16H,4-6H2,1-3H3. The van der Waals surface area contributed by atoms with E-state index in [0.717, 1.165) is 36.5 Å². The smallest absolute Gasteiger partial charge is 0.248 e. The molecule has 0 saturated carbocycles. The van der Waals surface area contributed by atoms with E-state index in [4.69, 9.17) is 9.26 Å². The van der Waals surface area contributed by atoms with Crippen molar-refractivity contribution in [3.63, 3.8) is 0 Å². The van der Waals surface area contributed by atoms with Crippen LogP contribution in [0.1, 0.15) is 44.4 Å². The Labute approximate surface area is 119 Å². The van der Waals surface area contributed by atoms with E-state index in [1.54, 1.807) is 7.11 Å². The zero-order valence-electron chi connectivity index (χ0n) is 12.2. The summed E-state index contributed by atoms with van der Waals surface area (Å²) in [5.41, 5.74) is 0.992. The molecule has 1 aromatic heterocycles. The molecule has 0 bridgehead atoms. The number of hydrogen-bond acceptors (Lipinski definition) is 5. The first kappa shape index (κ1) is 14.4. The van der Waals surface area contributed by atoms with Crippen molar-refractivity contribution in [2.75, 3.05) is 12.4 Å². The Morgan fingerprint density at radius 1 is 1.30 bits per heavy atom. The lowest BCUT2D eigenvalue weighted by molar-refractivity contribution is 0.362. The lowest BCUT2D eigenvalue weighted by Crippen LogP contribution is -2.07. The van der Waals surface area contributed by atoms with Gasteiger partial charge >= 0.3 is 0 Å². The van der Waals surface area contributed by atoms with Crippen molar-refractivity contribution in [3.8, 4) is 5.75 Å². The fourth-order valence-corrected chi connectivity index (χ4v) is 1.88. The minimum absolute atomic E-state index is 0.0220. The topological polar surface area (TPSA) is 60.2 Å². The number of rotatable bonds is 7. The zero-order valence-corrected chi connectivity index (χ0v) is 12.2. The lowest BCUT2D eigenvalue weighted by atomic mass is 10.2. The second-order valence-corrected chi connectivity index (χ2v) is 4.75. The molecular weight excluding hydrogens is 254 g/mol. The predicted molar refractivity (Wildman–Crippen MR) is 77.9 cm³/mol. The molecule has 1 heterocycles. The van der Waals surface area contributed by atoms with Crippen LogP contribution in [0.25, 0.3) is 0 Å². The van der Waals surface area contributed by atoms with Crippen molar-refractivity contribution in [1.82, 2.24) is 10.1 Å². The van der Waals surface area contributed by atoms with Gasteiger partial charge in [-0.15, -0.1) is 0 Å². The maximum Gasteiger partial charge on any atom is 0.248 e. The third-order valence-corrected chi connectivity index (χ3v) is 3.08. The highest BCUT2D eigenvalue weighted by Gasteiger charge is 2.13. The van der Waals surface area contributed by atoms with Crippen molar-refractivity contribution in [2.24, 2.45) is 0 Å². The number of benzene rings is 1. The molecule has 0 saturated heterocycles. The number of anilines is 1. The van der Waals surface area contributed by atoms with Crippen molar-refractivity contribution in [2.45, 2.75) is 39.2 Å². The molecule has 2 rings (SSSR count). The van der Waals surface area contributed by atoms with Gasteiger partial charge in [-0.25, -0.2) is 0 Å². The molecule has 0 aliphatic heterocycles. The largest absolute Gasteiger partial charge is 0.497 e. The van der Waals surface area contributed by atoms with Gasteiger partial charge in [-0.3, -0.25) is 0 Å². The van der Waals surface area contributed by atoms with Crippen molar-refractivity contribution in [1.29, 1.82) is 0 Å². The van der Waals surface area contributed by atoms with E-state index in [9.17, 15) is 0 Å². The summed E-state index contributed by atoms with van der Waals surface area (Å²) in [6.07, 6.45) is 3.08. The minimum Gasteiger partial charge on any atom is -0.497 e. The Morgan fingerprint density at radius 2 is 2.05 bits per heavy atom. The van der Waals surface area contributed by atoms with E-state index in [2.05, 4.69) is 22.4 Å². The van der Waals surface area contributed by atoms with E-state index < -0.39 is 0 Å². The van der Waals surface area contributed by atoms with Crippen LogP contribution in [0, 0.1) is 0 Å². The van der Waals surface area contributed by atoms with Crippen LogP contribution in [0.15, 0.2) is 28.8 Å². The maximum absolute atomic E-state index is 5.29. The number of ether oxygens (including phenoxy) is 1. The van der Waals surface area contributed by atoms with Gasteiger partial charge in [-0.1, -0.05) is 18.5 Å². The maximum atomic E-state index is 5.29. The molecule has 2 aromatic rings. The van der Waals surface area contributed by atoms with Gasteiger partial charge < -0.3 is 14.6 Å². The number of nitrogens with zero attached hydrogens (tertiary/aromatic N) is 2. The Hall–Kier alpha value is -2.04. The summed E-state index contributed by atoms with van der Waals surface area (Å²) in [7, 11) is 1.65. The molecule has 108 valence electrons. The van der Waals surface area contributed by atoms with E-state index in [-0.39, 0.29) is 6.04 Å². The van der Waals surface area contributed by atoms with Gasteiger partial charge in [-0.2, -0.15) is 4.98 Å². The zero-order chi connectivity index (χ0) is 14.4. The monoisotopic (exact) mass is 275 g/mol. The Balaban J connectivity index is 1.96. The highest BCUT2D eigenvalue weighted by Crippen LogP contribution is 2.20. The number of methoxy groups -OCH3 is 1. The fraction of sp³-hybridized carbons (Fsp3) is 0.467. The number of aryl methyl sites for hydroxylation is 1. The van der Waals surface area contributed by atoms with Gasteiger partial charge in [0.1, 0.15) is 11.8 Å². The van der Waals surface area contributed by atoms with Gasteiger partial charge in [0.25, 0.3) is 0 Å². The van der Waals surface area contributed by atoms with Crippen LogP contribution in [0.2, 0.25) is 0 Å². The molecule has 5 nitrogen and oxygen atoms in total. The molecule has 5 heteroatoms. The summed E-state index contributed by atoms with van der Waals surface area (Å²) >= 11 is 0. The molecule has 1 N–H and O–H groups in total. The predicted octanol–water partition coefficient (Wildman–Crippen LogP) is 3.59. The first-order valence-electron chi connectivity index (χ1n) is 6.96. The second kappa shape index (κ2) is 6.93. The van der Waals surface area contributed by atoms with Crippen molar-refractivity contribution in [3.05, 3.63) is 36.0 Å². The summed E-state index contributed by atoms with van der Waals surface area (Å²) in [6, 6.07) is 7.73. The molecule has 0 fully saturated rings. The van der Waals surface area contributed by atoms with E-state index in [1.807, 2.05) is 31.2 Å². The summed E-state index contributed by atoms with van der Waals surface area (Å²) in [5.74, 6) is 2.24. The number of nitrogens with one attached hydrogen (secondary N) is 1. The van der Waals surface area contributed by atoms with Crippen LogP contribution in [-0.4, -0.2) is 17.3 Å². The number of hydrogen-bond donors (Lipinski definition) is 1. The molecule has 1 atom stereocenters. The summed E-state index contributed by atoms with van der Waals surface area (Å²) < 4.78 is 10.4. The Morgan fingerprint density at radius 3 is 2.70 bits per heavy atom. The normalized spacial score (nSPS) is 12.2. The van der Waals surface area contributed by atoms with Crippen molar-refractivity contribution >= 4 is 5.69 Å². The average molecular weight is 275 g/mol. The van der Waals surface area contributed by atoms with Crippen LogP contribution in [-0.2, 0) is 6.42 Å². The van der Waals surface area contributed by atoms with Crippen LogP contribution in [0.3, 0.4) is 0 Å². The quantitative estimate of drug-likeness (QED) is 0.836. The first-order chi connectivity index (χ1) is 9.72. The molecule has 0 amide bonds. The summed E-state index contributed by atoms with van der Waals surface area (Å²) in [6.45, 7) is 4.15. The van der Waals surface area contributed by atoms with Gasteiger partial charge in [0.15, 0.2) is 5.82 Å². The highest BCUT2D eigenvalue weighted by molar-refractivity contribution is 5.47.